The van der Waals surface area contributed by atoms with Crippen LogP contribution in [0.1, 0.15) is 23.2 Å². The number of amides is 1. The van der Waals surface area contributed by atoms with Gasteiger partial charge in [0.25, 0.3) is 11.5 Å². The number of aryl methyl sites for hydroxylation is 1. The van der Waals surface area contributed by atoms with E-state index in [0.29, 0.717) is 33.6 Å². The van der Waals surface area contributed by atoms with Gasteiger partial charge in [0.1, 0.15) is 22.9 Å². The molecule has 0 aliphatic heterocycles. The lowest BCUT2D eigenvalue weighted by molar-refractivity contribution is 0.0952. The molecule has 0 atom stereocenters. The molecular weight excluding hydrogens is 434 g/mol. The monoisotopic (exact) mass is 453 g/mol. The second-order valence-electron chi connectivity index (χ2n) is 7.56. The molecule has 0 bridgehead atoms. The highest BCUT2D eigenvalue weighted by Gasteiger charge is 2.26. The predicted molar refractivity (Wildman–Crippen MR) is 120 cm³/mol. The molecule has 164 valence electrons. The number of carbonyl (C=O) groups excluding carboxylic acids is 1. The van der Waals surface area contributed by atoms with Gasteiger partial charge in [0, 0.05) is 38.6 Å². The smallest absolute Gasteiger partial charge is 0.279 e. The van der Waals surface area contributed by atoms with Crippen LogP contribution in [0, 0.1) is 0 Å². The van der Waals surface area contributed by atoms with Crippen molar-refractivity contribution in [1.82, 2.24) is 34.3 Å². The van der Waals surface area contributed by atoms with E-state index in [0.717, 1.165) is 12.8 Å². The van der Waals surface area contributed by atoms with E-state index in [1.165, 1.54) is 23.0 Å². The van der Waals surface area contributed by atoms with Gasteiger partial charge in [-0.25, -0.2) is 4.98 Å². The Morgan fingerprint density at radius 3 is 2.69 bits per heavy atom. The van der Waals surface area contributed by atoms with Gasteiger partial charge in [-0.15, -0.1) is 0 Å². The average molecular weight is 454 g/mol. The second kappa shape index (κ2) is 7.68. The Labute approximate surface area is 187 Å². The Kier molecular flexibility index (Phi) is 4.82. The number of fused-ring (bicyclic) bond motifs is 1. The van der Waals surface area contributed by atoms with Crippen LogP contribution in [-0.4, -0.2) is 47.9 Å². The van der Waals surface area contributed by atoms with Gasteiger partial charge in [-0.05, 0) is 18.9 Å². The van der Waals surface area contributed by atoms with Gasteiger partial charge < -0.3 is 16.0 Å². The van der Waals surface area contributed by atoms with Crippen LogP contribution < -0.4 is 21.5 Å². The first-order valence-corrected chi connectivity index (χ1v) is 10.4. The molecule has 0 unspecified atom stereocenters. The minimum Gasteiger partial charge on any atom is -0.373 e. The maximum absolute atomic E-state index is 13.1. The van der Waals surface area contributed by atoms with Crippen LogP contribution in [-0.2, 0) is 7.05 Å². The summed E-state index contributed by atoms with van der Waals surface area (Å²) in [5.74, 6) is 0.730. The SMILES string of the molecule is CNc1cc(Nc2cc(Cl)cn(-c3cnn(C)c3)c2=O)nc2c(C(=O)NC3CC3)cnn12. The maximum Gasteiger partial charge on any atom is 0.279 e. The minimum atomic E-state index is -0.324. The molecule has 1 saturated carbocycles. The van der Waals surface area contributed by atoms with E-state index in [4.69, 9.17) is 11.6 Å². The number of pyridine rings is 1. The number of carbonyl (C=O) groups is 1. The van der Waals surface area contributed by atoms with Gasteiger partial charge in [0.15, 0.2) is 5.65 Å². The third-order valence-electron chi connectivity index (χ3n) is 5.10. The normalized spacial score (nSPS) is 13.3. The topological polar surface area (TPSA) is 123 Å². The Morgan fingerprint density at radius 2 is 2.00 bits per heavy atom. The molecule has 3 N–H and O–H groups in total. The molecule has 32 heavy (non-hydrogen) atoms. The molecule has 1 fully saturated rings. The highest BCUT2D eigenvalue weighted by Crippen LogP contribution is 2.24. The molecule has 1 aliphatic carbocycles. The molecule has 1 amide bonds. The lowest BCUT2D eigenvalue weighted by Gasteiger charge is -2.12. The molecule has 12 heteroatoms. The summed E-state index contributed by atoms with van der Waals surface area (Å²) in [4.78, 5) is 30.3. The fraction of sp³-hybridized carbons (Fsp3) is 0.250. The van der Waals surface area contributed by atoms with Gasteiger partial charge in [-0.1, -0.05) is 11.6 Å². The third kappa shape index (κ3) is 3.66. The second-order valence-corrected chi connectivity index (χ2v) is 8.00. The van der Waals surface area contributed by atoms with Crippen LogP contribution >= 0.6 is 11.6 Å². The van der Waals surface area contributed by atoms with Gasteiger partial charge in [0.05, 0.1) is 23.1 Å². The summed E-state index contributed by atoms with van der Waals surface area (Å²) in [6.45, 7) is 0. The van der Waals surface area contributed by atoms with Crippen molar-refractivity contribution in [2.75, 3.05) is 17.7 Å². The van der Waals surface area contributed by atoms with Crippen LogP contribution in [0.25, 0.3) is 11.3 Å². The summed E-state index contributed by atoms with van der Waals surface area (Å²) in [5.41, 5.74) is 1.21. The van der Waals surface area contributed by atoms with Crippen LogP contribution in [0.15, 0.2) is 41.7 Å². The van der Waals surface area contributed by atoms with E-state index in [2.05, 4.69) is 31.1 Å². The van der Waals surface area contributed by atoms with Gasteiger partial charge in [-0.3, -0.25) is 18.8 Å². The lowest BCUT2D eigenvalue weighted by Crippen LogP contribution is -2.25. The highest BCUT2D eigenvalue weighted by atomic mass is 35.5. The molecular formula is C20H20ClN9O2. The summed E-state index contributed by atoms with van der Waals surface area (Å²) in [7, 11) is 3.50. The minimum absolute atomic E-state index is 0.208. The number of rotatable bonds is 6. The summed E-state index contributed by atoms with van der Waals surface area (Å²) >= 11 is 6.28. The van der Waals surface area contributed by atoms with Crippen molar-refractivity contribution < 1.29 is 4.79 Å². The van der Waals surface area contributed by atoms with Crippen molar-refractivity contribution in [3.05, 3.63) is 57.9 Å². The molecule has 0 saturated heterocycles. The first kappa shape index (κ1) is 20.1. The van der Waals surface area contributed by atoms with Crippen molar-refractivity contribution in [3.63, 3.8) is 0 Å². The van der Waals surface area contributed by atoms with Crippen LogP contribution in [0.3, 0.4) is 0 Å². The Morgan fingerprint density at radius 1 is 1.19 bits per heavy atom. The number of hydrogen-bond acceptors (Lipinski definition) is 7. The zero-order valence-electron chi connectivity index (χ0n) is 17.3. The van der Waals surface area contributed by atoms with Gasteiger partial charge in [-0.2, -0.15) is 14.7 Å². The van der Waals surface area contributed by atoms with Crippen molar-refractivity contribution in [1.29, 1.82) is 0 Å². The van der Waals surface area contributed by atoms with E-state index >= 15 is 0 Å². The first-order chi connectivity index (χ1) is 15.4. The van der Waals surface area contributed by atoms with Crippen LogP contribution in [0.4, 0.5) is 17.3 Å². The Bertz CT molecular complexity index is 1400. The number of anilines is 3. The zero-order valence-corrected chi connectivity index (χ0v) is 18.1. The molecule has 11 nitrogen and oxygen atoms in total. The molecule has 4 heterocycles. The molecule has 0 aromatic carbocycles. The van der Waals surface area contributed by atoms with E-state index in [1.54, 1.807) is 41.8 Å². The quantitative estimate of drug-likeness (QED) is 0.407. The first-order valence-electron chi connectivity index (χ1n) is 9.98. The summed E-state index contributed by atoms with van der Waals surface area (Å²) in [5, 5.41) is 17.8. The van der Waals surface area contributed by atoms with Crippen LogP contribution in [0.2, 0.25) is 5.02 Å². The predicted octanol–water partition coefficient (Wildman–Crippen LogP) is 1.94. The molecule has 0 spiro atoms. The van der Waals surface area contributed by atoms with E-state index < -0.39 is 0 Å². The summed E-state index contributed by atoms with van der Waals surface area (Å²) < 4.78 is 4.54. The third-order valence-corrected chi connectivity index (χ3v) is 5.31. The molecule has 0 radical (unpaired) electrons. The Hall–Kier alpha value is -3.86. The largest absolute Gasteiger partial charge is 0.373 e. The average Bonchev–Trinajstić information content (AvgIpc) is 3.30. The molecule has 4 aromatic heterocycles. The summed E-state index contributed by atoms with van der Waals surface area (Å²) in [6, 6.07) is 3.43. The zero-order chi connectivity index (χ0) is 22.4. The number of nitrogens with zero attached hydrogens (tertiary/aromatic N) is 6. The molecule has 5 rings (SSSR count). The number of hydrogen-bond donors (Lipinski definition) is 3. The lowest BCUT2D eigenvalue weighted by atomic mass is 10.3. The van der Waals surface area contributed by atoms with E-state index in [9.17, 15) is 9.59 Å². The Balaban J connectivity index is 1.56. The van der Waals surface area contributed by atoms with Crippen molar-refractivity contribution in [3.8, 4) is 5.69 Å². The number of nitrogens with one attached hydrogen (secondary N) is 3. The fourth-order valence-electron chi connectivity index (χ4n) is 3.36. The standard InChI is InChI=1S/C20H20ClN9O2/c1-22-17-6-16(27-18-14(8-24-30(17)18)19(31)25-12-3-4-12)26-15-5-11(21)9-29(20(15)32)13-7-23-28(2)10-13/h5-10,12,22H,3-4H2,1-2H3,(H,25,31)(H,26,27). The number of aromatic nitrogens is 6. The van der Waals surface area contributed by atoms with Crippen molar-refractivity contribution in [2.45, 2.75) is 18.9 Å². The molecule has 4 aromatic rings. The van der Waals surface area contributed by atoms with E-state index in [-0.39, 0.29) is 23.2 Å². The highest BCUT2D eigenvalue weighted by molar-refractivity contribution is 6.30. The maximum atomic E-state index is 13.1. The summed E-state index contributed by atoms with van der Waals surface area (Å²) in [6.07, 6.45) is 8.25. The molecule has 1 aliphatic rings. The van der Waals surface area contributed by atoms with Crippen molar-refractivity contribution >= 4 is 40.5 Å². The van der Waals surface area contributed by atoms with Crippen LogP contribution in [0.5, 0.6) is 0 Å². The fourth-order valence-corrected chi connectivity index (χ4v) is 3.56. The number of halogens is 1. The van der Waals surface area contributed by atoms with Gasteiger partial charge >= 0.3 is 0 Å². The van der Waals surface area contributed by atoms with Gasteiger partial charge in [0.2, 0.25) is 0 Å². The van der Waals surface area contributed by atoms with E-state index in [1.807, 2.05) is 0 Å². The van der Waals surface area contributed by atoms with Crippen molar-refractivity contribution in [2.24, 2.45) is 7.05 Å².